The molecular formula is C15H22ClN3O3. The van der Waals surface area contributed by atoms with Gasteiger partial charge in [0.25, 0.3) is 11.6 Å². The number of halogens is 1. The van der Waals surface area contributed by atoms with Crippen LogP contribution in [0.15, 0.2) is 18.2 Å². The summed E-state index contributed by atoms with van der Waals surface area (Å²) in [5, 5.41) is 14.0. The van der Waals surface area contributed by atoms with Gasteiger partial charge in [0.15, 0.2) is 0 Å². The number of piperidine rings is 1. The molecule has 0 radical (unpaired) electrons. The molecule has 1 aromatic carbocycles. The number of benzene rings is 1. The lowest BCUT2D eigenvalue weighted by molar-refractivity contribution is -0.385. The van der Waals surface area contributed by atoms with E-state index in [1.165, 1.54) is 6.07 Å². The van der Waals surface area contributed by atoms with Crippen molar-refractivity contribution in [3.05, 3.63) is 39.4 Å². The fraction of sp³-hybridized carbons (Fsp3) is 0.533. The molecular weight excluding hydrogens is 306 g/mol. The van der Waals surface area contributed by atoms with E-state index in [2.05, 4.69) is 5.32 Å². The molecule has 1 saturated heterocycles. The van der Waals surface area contributed by atoms with Crippen LogP contribution in [0.3, 0.4) is 0 Å². The third-order valence-electron chi connectivity index (χ3n) is 3.94. The molecule has 0 saturated carbocycles. The number of nitro groups is 1. The highest BCUT2D eigenvalue weighted by molar-refractivity contribution is 5.94. The van der Waals surface area contributed by atoms with Crippen LogP contribution >= 0.6 is 12.4 Å². The Morgan fingerprint density at radius 1 is 1.50 bits per heavy atom. The van der Waals surface area contributed by atoms with E-state index in [9.17, 15) is 14.9 Å². The number of amides is 1. The average molecular weight is 328 g/mol. The number of hydrogen-bond donors (Lipinski definition) is 1. The molecule has 22 heavy (non-hydrogen) atoms. The molecule has 1 N–H and O–H groups in total. The Balaban J connectivity index is 0.00000242. The molecule has 122 valence electrons. The van der Waals surface area contributed by atoms with Gasteiger partial charge in [-0.2, -0.15) is 0 Å². The molecule has 2 rings (SSSR count). The molecule has 1 aliphatic rings. The quantitative estimate of drug-likeness (QED) is 0.680. The van der Waals surface area contributed by atoms with Crippen LogP contribution < -0.4 is 5.32 Å². The number of nitro benzene ring substituents is 1. The fourth-order valence-electron chi connectivity index (χ4n) is 2.88. The van der Waals surface area contributed by atoms with Crippen molar-refractivity contribution in [2.24, 2.45) is 5.92 Å². The van der Waals surface area contributed by atoms with E-state index in [-0.39, 0.29) is 24.0 Å². The van der Waals surface area contributed by atoms with Crippen molar-refractivity contribution in [2.75, 3.05) is 26.7 Å². The largest absolute Gasteiger partial charge is 0.338 e. The van der Waals surface area contributed by atoms with Gasteiger partial charge < -0.3 is 10.2 Å². The Morgan fingerprint density at radius 2 is 2.23 bits per heavy atom. The van der Waals surface area contributed by atoms with Crippen molar-refractivity contribution in [3.63, 3.8) is 0 Å². The van der Waals surface area contributed by atoms with Crippen LogP contribution in [0.5, 0.6) is 0 Å². The fourth-order valence-corrected chi connectivity index (χ4v) is 2.88. The summed E-state index contributed by atoms with van der Waals surface area (Å²) in [4.78, 5) is 24.8. The molecule has 1 heterocycles. The van der Waals surface area contributed by atoms with Gasteiger partial charge in [-0.1, -0.05) is 0 Å². The molecule has 0 bridgehead atoms. The van der Waals surface area contributed by atoms with E-state index < -0.39 is 4.92 Å². The summed E-state index contributed by atoms with van der Waals surface area (Å²) in [6.45, 7) is 4.07. The smallest absolute Gasteiger partial charge is 0.272 e. The normalized spacial score (nSPS) is 17.7. The van der Waals surface area contributed by atoms with E-state index in [1.807, 2.05) is 11.9 Å². The van der Waals surface area contributed by atoms with Gasteiger partial charge in [-0.15, -0.1) is 12.4 Å². The molecule has 6 nitrogen and oxygen atoms in total. The number of carbonyl (C=O) groups excluding carboxylic acids is 1. The Hall–Kier alpha value is -1.66. The van der Waals surface area contributed by atoms with Gasteiger partial charge in [-0.25, -0.2) is 0 Å². The zero-order valence-electron chi connectivity index (χ0n) is 12.9. The van der Waals surface area contributed by atoms with E-state index in [4.69, 9.17) is 0 Å². The van der Waals surface area contributed by atoms with Gasteiger partial charge in [0.05, 0.1) is 4.92 Å². The first-order chi connectivity index (χ1) is 10.0. The van der Waals surface area contributed by atoms with E-state index in [0.717, 1.165) is 32.5 Å². The minimum atomic E-state index is -0.423. The number of carbonyl (C=O) groups is 1. The Morgan fingerprint density at radius 3 is 2.82 bits per heavy atom. The van der Waals surface area contributed by atoms with Crippen LogP contribution in [0.4, 0.5) is 5.69 Å². The second kappa shape index (κ2) is 8.10. The Kier molecular flexibility index (Phi) is 6.77. The zero-order valence-corrected chi connectivity index (χ0v) is 13.7. The number of nitrogens with one attached hydrogen (secondary N) is 1. The summed E-state index contributed by atoms with van der Waals surface area (Å²) < 4.78 is 0. The average Bonchev–Trinajstić information content (AvgIpc) is 2.46. The van der Waals surface area contributed by atoms with Crippen LogP contribution in [0.25, 0.3) is 0 Å². The zero-order chi connectivity index (χ0) is 15.4. The van der Waals surface area contributed by atoms with E-state index >= 15 is 0 Å². The molecule has 1 aromatic rings. The first-order valence-electron chi connectivity index (χ1n) is 7.22. The summed E-state index contributed by atoms with van der Waals surface area (Å²) >= 11 is 0. The second-order valence-electron chi connectivity index (χ2n) is 5.58. The Labute approximate surface area is 136 Å². The molecule has 1 amide bonds. The van der Waals surface area contributed by atoms with Gasteiger partial charge in [0.1, 0.15) is 0 Å². The van der Waals surface area contributed by atoms with Crippen LogP contribution in [0.1, 0.15) is 28.8 Å². The van der Waals surface area contributed by atoms with Gasteiger partial charge in [-0.3, -0.25) is 14.9 Å². The maximum atomic E-state index is 12.5. The molecule has 1 atom stereocenters. The monoisotopic (exact) mass is 327 g/mol. The predicted molar refractivity (Wildman–Crippen MR) is 87.6 cm³/mol. The van der Waals surface area contributed by atoms with Crippen molar-refractivity contribution in [2.45, 2.75) is 19.8 Å². The van der Waals surface area contributed by atoms with Gasteiger partial charge in [0.2, 0.25) is 0 Å². The number of rotatable bonds is 4. The first-order valence-corrected chi connectivity index (χ1v) is 7.22. The SMILES string of the molecule is CNCC1CCCN(C(=O)c2ccc([N+](=O)[O-])c(C)c2)C1.Cl. The Bertz CT molecular complexity index is 549. The summed E-state index contributed by atoms with van der Waals surface area (Å²) in [5.74, 6) is 0.445. The van der Waals surface area contributed by atoms with Crippen molar-refractivity contribution in [1.29, 1.82) is 0 Å². The number of nitrogens with zero attached hydrogens (tertiary/aromatic N) is 2. The molecule has 1 unspecified atom stereocenters. The van der Waals surface area contributed by atoms with Crippen molar-refractivity contribution >= 4 is 24.0 Å². The maximum Gasteiger partial charge on any atom is 0.272 e. The highest BCUT2D eigenvalue weighted by atomic mass is 35.5. The van der Waals surface area contributed by atoms with Gasteiger partial charge >= 0.3 is 0 Å². The van der Waals surface area contributed by atoms with Gasteiger partial charge in [-0.05, 0) is 51.4 Å². The maximum absolute atomic E-state index is 12.5. The third kappa shape index (κ3) is 4.18. The minimum absolute atomic E-state index is 0. The van der Waals surface area contributed by atoms with Crippen LogP contribution in [0.2, 0.25) is 0 Å². The minimum Gasteiger partial charge on any atom is -0.338 e. The summed E-state index contributed by atoms with van der Waals surface area (Å²) in [5.41, 5.74) is 1.11. The number of hydrogen-bond acceptors (Lipinski definition) is 4. The highest BCUT2D eigenvalue weighted by Gasteiger charge is 2.25. The second-order valence-corrected chi connectivity index (χ2v) is 5.58. The van der Waals surface area contributed by atoms with Crippen molar-refractivity contribution < 1.29 is 9.72 Å². The van der Waals surface area contributed by atoms with Crippen LogP contribution in [0, 0.1) is 23.0 Å². The number of likely N-dealkylation sites (tertiary alicyclic amines) is 1. The molecule has 1 aliphatic heterocycles. The van der Waals surface area contributed by atoms with Crippen LogP contribution in [-0.2, 0) is 0 Å². The lowest BCUT2D eigenvalue weighted by Gasteiger charge is -2.32. The standard InChI is InChI=1S/C15H21N3O3.ClH/c1-11-8-13(5-6-14(11)18(20)21)15(19)17-7-3-4-12(10-17)9-16-2;/h5-6,8,12,16H,3-4,7,9-10H2,1-2H3;1H. The molecule has 0 aliphatic carbocycles. The van der Waals surface area contributed by atoms with Crippen molar-refractivity contribution in [3.8, 4) is 0 Å². The van der Waals surface area contributed by atoms with Gasteiger partial charge in [0, 0.05) is 30.3 Å². The lowest BCUT2D eigenvalue weighted by Crippen LogP contribution is -2.42. The first kappa shape index (κ1) is 18.4. The van der Waals surface area contributed by atoms with E-state index in [1.54, 1.807) is 19.1 Å². The molecule has 0 spiro atoms. The third-order valence-corrected chi connectivity index (χ3v) is 3.94. The summed E-state index contributed by atoms with van der Waals surface area (Å²) in [6, 6.07) is 4.58. The van der Waals surface area contributed by atoms with Crippen molar-refractivity contribution in [1.82, 2.24) is 10.2 Å². The highest BCUT2D eigenvalue weighted by Crippen LogP contribution is 2.22. The molecule has 7 heteroatoms. The number of aryl methyl sites for hydroxylation is 1. The summed E-state index contributed by atoms with van der Waals surface area (Å²) in [6.07, 6.45) is 2.13. The summed E-state index contributed by atoms with van der Waals surface area (Å²) in [7, 11) is 1.92. The van der Waals surface area contributed by atoms with E-state index in [0.29, 0.717) is 17.0 Å². The topological polar surface area (TPSA) is 75.5 Å². The molecule has 1 fully saturated rings. The lowest BCUT2D eigenvalue weighted by atomic mass is 9.97. The predicted octanol–water partition coefficient (Wildman–Crippen LogP) is 2.40. The van der Waals surface area contributed by atoms with Crippen LogP contribution in [-0.4, -0.2) is 42.4 Å². The molecule has 0 aromatic heterocycles.